The van der Waals surface area contributed by atoms with Gasteiger partial charge in [0, 0.05) is 31.9 Å². The highest BCUT2D eigenvalue weighted by molar-refractivity contribution is 7.91. The number of piperidine rings is 1. The minimum absolute atomic E-state index is 0.0501. The van der Waals surface area contributed by atoms with Crippen molar-refractivity contribution in [3.8, 4) is 0 Å². The summed E-state index contributed by atoms with van der Waals surface area (Å²) in [5.41, 5.74) is 0.342. The van der Waals surface area contributed by atoms with E-state index in [-0.39, 0.29) is 23.5 Å². The molecule has 1 aromatic rings. The molecule has 2 saturated heterocycles. The van der Waals surface area contributed by atoms with Gasteiger partial charge in [0.15, 0.2) is 9.84 Å². The summed E-state index contributed by atoms with van der Waals surface area (Å²) in [6.07, 6.45) is 4.32. The summed E-state index contributed by atoms with van der Waals surface area (Å²) < 4.78 is 23.5. The summed E-state index contributed by atoms with van der Waals surface area (Å²) in [6.45, 7) is 6.39. The largest absolute Gasteiger partial charge is 0.341 e. The lowest BCUT2D eigenvalue weighted by Crippen LogP contribution is -2.41. The fourth-order valence-corrected chi connectivity index (χ4v) is 5.30. The first-order valence-corrected chi connectivity index (χ1v) is 10.8. The zero-order valence-corrected chi connectivity index (χ0v) is 15.7. The van der Waals surface area contributed by atoms with Crippen molar-refractivity contribution >= 4 is 21.7 Å². The topological polar surface area (TPSA) is 83.5 Å². The lowest BCUT2D eigenvalue weighted by atomic mass is 10.00. The molecular formula is C17H26N4O3S. The van der Waals surface area contributed by atoms with E-state index in [9.17, 15) is 13.2 Å². The first-order chi connectivity index (χ1) is 11.9. The second-order valence-electron chi connectivity index (χ2n) is 7.06. The van der Waals surface area contributed by atoms with Crippen molar-refractivity contribution in [3.05, 3.63) is 18.0 Å². The smallest absolute Gasteiger partial charge is 0.272 e. The van der Waals surface area contributed by atoms with Gasteiger partial charge in [-0.05, 0) is 38.2 Å². The zero-order chi connectivity index (χ0) is 18.0. The third-order valence-electron chi connectivity index (χ3n) is 5.18. The third-order valence-corrected chi connectivity index (χ3v) is 6.93. The van der Waals surface area contributed by atoms with Gasteiger partial charge in [0.25, 0.3) is 5.91 Å². The number of carbonyl (C=O) groups excluding carboxylic acids is 1. The SMILES string of the molecule is CCN(C(=O)c1ccnc(N2CCC(C)CC2)n1)C1CCS(=O)(=O)C1. The van der Waals surface area contributed by atoms with Crippen LogP contribution in [0, 0.1) is 5.92 Å². The molecule has 0 aliphatic carbocycles. The van der Waals surface area contributed by atoms with Crippen molar-refractivity contribution in [3.63, 3.8) is 0 Å². The second kappa shape index (κ2) is 7.27. The van der Waals surface area contributed by atoms with Gasteiger partial charge in [-0.1, -0.05) is 6.92 Å². The van der Waals surface area contributed by atoms with E-state index in [4.69, 9.17) is 0 Å². The van der Waals surface area contributed by atoms with Crippen molar-refractivity contribution in [2.24, 2.45) is 5.92 Å². The van der Waals surface area contributed by atoms with Crippen molar-refractivity contribution in [1.29, 1.82) is 0 Å². The Bertz CT molecular complexity index is 729. The van der Waals surface area contributed by atoms with E-state index < -0.39 is 9.84 Å². The van der Waals surface area contributed by atoms with E-state index in [2.05, 4.69) is 21.8 Å². The maximum atomic E-state index is 12.9. The first kappa shape index (κ1) is 18.1. The van der Waals surface area contributed by atoms with Crippen LogP contribution in [0.1, 0.15) is 43.6 Å². The predicted molar refractivity (Wildman–Crippen MR) is 96.4 cm³/mol. The summed E-state index contributed by atoms with van der Waals surface area (Å²) in [7, 11) is -3.03. The van der Waals surface area contributed by atoms with Gasteiger partial charge in [-0.25, -0.2) is 18.4 Å². The Morgan fingerprint density at radius 1 is 1.32 bits per heavy atom. The monoisotopic (exact) mass is 366 g/mol. The summed E-state index contributed by atoms with van der Waals surface area (Å²) in [6, 6.07) is 1.36. The molecule has 138 valence electrons. The molecule has 7 nitrogen and oxygen atoms in total. The number of aromatic nitrogens is 2. The number of sulfone groups is 1. The molecule has 8 heteroatoms. The van der Waals surface area contributed by atoms with Crippen LogP contribution in [-0.2, 0) is 9.84 Å². The number of rotatable bonds is 4. The van der Waals surface area contributed by atoms with Gasteiger partial charge in [-0.2, -0.15) is 0 Å². The zero-order valence-electron chi connectivity index (χ0n) is 14.9. The number of anilines is 1. The van der Waals surface area contributed by atoms with Crippen molar-refractivity contribution in [1.82, 2.24) is 14.9 Å². The number of nitrogens with zero attached hydrogens (tertiary/aromatic N) is 4. The molecule has 2 aliphatic rings. The second-order valence-corrected chi connectivity index (χ2v) is 9.29. The predicted octanol–water partition coefficient (Wildman–Crippen LogP) is 1.36. The molecule has 0 aromatic carbocycles. The minimum Gasteiger partial charge on any atom is -0.341 e. The van der Waals surface area contributed by atoms with Gasteiger partial charge in [0.2, 0.25) is 5.95 Å². The van der Waals surface area contributed by atoms with E-state index in [1.165, 1.54) is 0 Å². The van der Waals surface area contributed by atoms with Gasteiger partial charge in [-0.3, -0.25) is 4.79 Å². The number of hydrogen-bond acceptors (Lipinski definition) is 6. The highest BCUT2D eigenvalue weighted by Gasteiger charge is 2.34. The number of hydrogen-bond donors (Lipinski definition) is 0. The van der Waals surface area contributed by atoms with Crippen LogP contribution in [0.25, 0.3) is 0 Å². The van der Waals surface area contributed by atoms with Crippen LogP contribution in [0.5, 0.6) is 0 Å². The Morgan fingerprint density at radius 2 is 2.04 bits per heavy atom. The van der Waals surface area contributed by atoms with Crippen LogP contribution >= 0.6 is 0 Å². The summed E-state index contributed by atoms with van der Waals surface area (Å²) >= 11 is 0. The van der Waals surface area contributed by atoms with E-state index in [0.29, 0.717) is 30.5 Å². The number of carbonyl (C=O) groups is 1. The van der Waals surface area contributed by atoms with Gasteiger partial charge in [-0.15, -0.1) is 0 Å². The average molecular weight is 366 g/mol. The maximum absolute atomic E-state index is 12.9. The quantitative estimate of drug-likeness (QED) is 0.800. The van der Waals surface area contributed by atoms with Crippen LogP contribution in [0.4, 0.5) is 5.95 Å². The highest BCUT2D eigenvalue weighted by Crippen LogP contribution is 2.22. The Morgan fingerprint density at radius 3 is 2.64 bits per heavy atom. The van der Waals surface area contributed by atoms with Crippen LogP contribution < -0.4 is 4.90 Å². The lowest BCUT2D eigenvalue weighted by molar-refractivity contribution is 0.0702. The molecule has 2 aliphatic heterocycles. The van der Waals surface area contributed by atoms with E-state index in [1.807, 2.05) is 6.92 Å². The van der Waals surface area contributed by atoms with Crippen LogP contribution in [0.15, 0.2) is 12.3 Å². The molecule has 1 atom stereocenters. The van der Waals surface area contributed by atoms with Gasteiger partial charge in [0.1, 0.15) is 5.69 Å². The molecule has 0 spiro atoms. The van der Waals surface area contributed by atoms with Crippen LogP contribution in [0.3, 0.4) is 0 Å². The minimum atomic E-state index is -3.03. The van der Waals surface area contributed by atoms with Crippen LogP contribution in [0.2, 0.25) is 0 Å². The molecule has 0 bridgehead atoms. The number of amides is 1. The van der Waals surface area contributed by atoms with Crippen LogP contribution in [-0.4, -0.2) is 66.4 Å². The van der Waals surface area contributed by atoms with E-state index >= 15 is 0 Å². The average Bonchev–Trinajstić information content (AvgIpc) is 2.96. The van der Waals surface area contributed by atoms with E-state index in [0.717, 1.165) is 25.9 Å². The lowest BCUT2D eigenvalue weighted by Gasteiger charge is -2.31. The van der Waals surface area contributed by atoms with E-state index in [1.54, 1.807) is 17.2 Å². The molecule has 1 unspecified atom stereocenters. The van der Waals surface area contributed by atoms with Gasteiger partial charge >= 0.3 is 0 Å². The first-order valence-electron chi connectivity index (χ1n) is 8.99. The van der Waals surface area contributed by atoms with Crippen molar-refractivity contribution in [2.75, 3.05) is 36.0 Å². The standard InChI is InChI=1S/C17H26N4O3S/c1-3-21(14-7-11-25(23,24)12-14)16(22)15-4-8-18-17(19-15)20-9-5-13(2)6-10-20/h4,8,13-14H,3,5-7,9-12H2,1-2H3. The molecule has 2 fully saturated rings. The highest BCUT2D eigenvalue weighted by atomic mass is 32.2. The molecule has 0 N–H and O–H groups in total. The fourth-order valence-electron chi connectivity index (χ4n) is 3.56. The Labute approximate surface area is 149 Å². The molecule has 3 rings (SSSR count). The fraction of sp³-hybridized carbons (Fsp3) is 0.706. The molecule has 1 aromatic heterocycles. The summed E-state index contributed by atoms with van der Waals surface area (Å²) in [4.78, 5) is 25.4. The Hall–Kier alpha value is -1.70. The Balaban J connectivity index is 1.76. The normalized spacial score (nSPS) is 23.6. The summed E-state index contributed by atoms with van der Waals surface area (Å²) in [5.74, 6) is 1.30. The van der Waals surface area contributed by atoms with Crippen molar-refractivity contribution in [2.45, 2.75) is 39.2 Å². The molecule has 3 heterocycles. The van der Waals surface area contributed by atoms with Gasteiger partial charge < -0.3 is 9.80 Å². The Kier molecular flexibility index (Phi) is 5.27. The molecule has 0 saturated carbocycles. The van der Waals surface area contributed by atoms with Crippen molar-refractivity contribution < 1.29 is 13.2 Å². The molecule has 0 radical (unpaired) electrons. The summed E-state index contributed by atoms with van der Waals surface area (Å²) in [5, 5.41) is 0. The maximum Gasteiger partial charge on any atom is 0.272 e. The molecular weight excluding hydrogens is 340 g/mol. The molecule has 25 heavy (non-hydrogen) atoms. The third kappa shape index (κ3) is 4.11. The molecule has 1 amide bonds. The van der Waals surface area contributed by atoms with Gasteiger partial charge in [0.05, 0.1) is 11.5 Å².